The zero-order valence-electron chi connectivity index (χ0n) is 8.49. The molecule has 0 radical (unpaired) electrons. The summed E-state index contributed by atoms with van der Waals surface area (Å²) in [7, 11) is 0. The highest BCUT2D eigenvalue weighted by molar-refractivity contribution is 5.73. The fraction of sp³-hybridized carbons (Fsp3) is 0.308. The van der Waals surface area contributed by atoms with Gasteiger partial charge >= 0.3 is 0 Å². The Hall–Kier alpha value is -1.41. The fourth-order valence-corrected chi connectivity index (χ4v) is 2.30. The average Bonchev–Trinajstić information content (AvgIpc) is 2.81. The van der Waals surface area contributed by atoms with Crippen LogP contribution in [0.2, 0.25) is 0 Å². The maximum atomic E-state index is 11.1. The zero-order valence-corrected chi connectivity index (χ0v) is 8.49. The monoisotopic (exact) mass is 199 g/mol. The first kappa shape index (κ1) is 8.86. The van der Waals surface area contributed by atoms with Gasteiger partial charge in [0.2, 0.25) is 0 Å². The first-order valence-electron chi connectivity index (χ1n) is 5.45. The molecule has 1 fully saturated rings. The molecule has 0 saturated carbocycles. The van der Waals surface area contributed by atoms with Crippen LogP contribution in [0.1, 0.15) is 24.4 Å². The summed E-state index contributed by atoms with van der Waals surface area (Å²) in [5.41, 5.74) is 3.51. The lowest BCUT2D eigenvalue weighted by Crippen LogP contribution is -2.13. The predicted octanol–water partition coefficient (Wildman–Crippen LogP) is 2.01. The Morgan fingerprint density at radius 3 is 2.67 bits per heavy atom. The van der Waals surface area contributed by atoms with E-state index in [4.69, 9.17) is 0 Å². The third kappa shape index (κ3) is 1.51. The molecule has 1 unspecified atom stereocenters. The molecule has 0 aliphatic carbocycles. The standard InChI is InChI=1S/C13H13NO/c15-13-8-11(13)9-4-1-2-5-10(9)12-6-3-7-14-12/h1-2,4-5,8,12,14H,3,6-7H2. The summed E-state index contributed by atoms with van der Waals surface area (Å²) in [6.45, 7) is 1.09. The van der Waals surface area contributed by atoms with E-state index in [0.717, 1.165) is 17.7 Å². The topological polar surface area (TPSA) is 29.1 Å². The highest BCUT2D eigenvalue weighted by Crippen LogP contribution is 2.32. The Kier molecular flexibility index (Phi) is 1.96. The van der Waals surface area contributed by atoms with Crippen LogP contribution < -0.4 is 10.7 Å². The minimum atomic E-state index is 0.195. The van der Waals surface area contributed by atoms with Gasteiger partial charge in [0, 0.05) is 11.6 Å². The third-order valence-corrected chi connectivity index (χ3v) is 3.14. The molecule has 1 aliphatic heterocycles. The van der Waals surface area contributed by atoms with E-state index in [1.807, 2.05) is 18.2 Å². The van der Waals surface area contributed by atoms with Crippen molar-refractivity contribution < 1.29 is 0 Å². The summed E-state index contributed by atoms with van der Waals surface area (Å²) in [5.74, 6) is 0. The molecule has 3 rings (SSSR count). The van der Waals surface area contributed by atoms with Gasteiger partial charge in [0.15, 0.2) is 5.43 Å². The van der Waals surface area contributed by atoms with Crippen LogP contribution in [-0.2, 0) is 0 Å². The normalized spacial score (nSPS) is 21.2. The summed E-state index contributed by atoms with van der Waals surface area (Å²) in [6.07, 6.45) is 2.41. The van der Waals surface area contributed by atoms with Gasteiger partial charge in [0.25, 0.3) is 0 Å². The highest BCUT2D eigenvalue weighted by Gasteiger charge is 2.22. The van der Waals surface area contributed by atoms with Crippen LogP contribution in [0.3, 0.4) is 0 Å². The van der Waals surface area contributed by atoms with Crippen molar-refractivity contribution in [2.45, 2.75) is 18.9 Å². The van der Waals surface area contributed by atoms with Crippen LogP contribution in [0.15, 0.2) is 35.1 Å². The molecule has 1 aliphatic rings. The summed E-state index contributed by atoms with van der Waals surface area (Å²) in [4.78, 5) is 11.1. The van der Waals surface area contributed by atoms with E-state index in [-0.39, 0.29) is 5.43 Å². The van der Waals surface area contributed by atoms with Gasteiger partial charge in [0.05, 0.1) is 0 Å². The van der Waals surface area contributed by atoms with Gasteiger partial charge in [-0.3, -0.25) is 4.79 Å². The van der Waals surface area contributed by atoms with E-state index in [1.54, 1.807) is 6.07 Å². The van der Waals surface area contributed by atoms with Crippen LogP contribution in [-0.4, -0.2) is 6.54 Å². The van der Waals surface area contributed by atoms with Crippen molar-refractivity contribution in [1.29, 1.82) is 0 Å². The number of hydrogen-bond donors (Lipinski definition) is 1. The number of nitrogens with one attached hydrogen (secondary N) is 1. The fourth-order valence-electron chi connectivity index (χ4n) is 2.30. The minimum absolute atomic E-state index is 0.195. The quantitative estimate of drug-likeness (QED) is 0.801. The van der Waals surface area contributed by atoms with Gasteiger partial charge in [-0.05, 0) is 36.6 Å². The highest BCUT2D eigenvalue weighted by atomic mass is 16.1. The molecule has 15 heavy (non-hydrogen) atoms. The molecule has 0 bridgehead atoms. The lowest BCUT2D eigenvalue weighted by molar-refractivity contribution is 0.649. The lowest BCUT2D eigenvalue weighted by Gasteiger charge is -2.13. The second-order valence-electron chi connectivity index (χ2n) is 4.16. The molecule has 76 valence electrons. The molecule has 2 aromatic rings. The molecule has 1 N–H and O–H groups in total. The van der Waals surface area contributed by atoms with E-state index in [1.165, 1.54) is 18.4 Å². The van der Waals surface area contributed by atoms with Gasteiger partial charge in [-0.25, -0.2) is 0 Å². The summed E-state index contributed by atoms with van der Waals surface area (Å²) in [6, 6.07) is 10.4. The Morgan fingerprint density at radius 2 is 2.00 bits per heavy atom. The summed E-state index contributed by atoms with van der Waals surface area (Å²) < 4.78 is 0. The van der Waals surface area contributed by atoms with Crippen molar-refractivity contribution >= 4 is 0 Å². The van der Waals surface area contributed by atoms with Gasteiger partial charge < -0.3 is 5.32 Å². The SMILES string of the molecule is O=c1cc1-c1ccccc1C1CCCN1. The molecule has 1 heterocycles. The molecule has 2 nitrogen and oxygen atoms in total. The van der Waals surface area contributed by atoms with E-state index in [9.17, 15) is 4.79 Å². The van der Waals surface area contributed by atoms with Crippen molar-refractivity contribution in [3.05, 3.63) is 46.1 Å². The number of hydrogen-bond acceptors (Lipinski definition) is 2. The van der Waals surface area contributed by atoms with Crippen LogP contribution in [0.4, 0.5) is 0 Å². The second kappa shape index (κ2) is 3.31. The van der Waals surface area contributed by atoms with Crippen LogP contribution >= 0.6 is 0 Å². The van der Waals surface area contributed by atoms with Crippen molar-refractivity contribution in [1.82, 2.24) is 5.32 Å². The smallest absolute Gasteiger partial charge is 0.187 e. The van der Waals surface area contributed by atoms with Crippen molar-refractivity contribution in [2.75, 3.05) is 6.54 Å². The lowest BCUT2D eigenvalue weighted by atomic mass is 9.98. The molecule has 0 spiro atoms. The summed E-state index contributed by atoms with van der Waals surface area (Å²) >= 11 is 0. The van der Waals surface area contributed by atoms with Crippen LogP contribution in [0, 0.1) is 0 Å². The van der Waals surface area contributed by atoms with E-state index in [0.29, 0.717) is 6.04 Å². The molecule has 0 aromatic heterocycles. The first-order valence-corrected chi connectivity index (χ1v) is 5.45. The largest absolute Gasteiger partial charge is 0.310 e. The minimum Gasteiger partial charge on any atom is -0.310 e. The molecular formula is C13H13NO. The maximum Gasteiger partial charge on any atom is 0.187 e. The van der Waals surface area contributed by atoms with Crippen LogP contribution in [0.25, 0.3) is 11.1 Å². The second-order valence-corrected chi connectivity index (χ2v) is 4.16. The summed E-state index contributed by atoms with van der Waals surface area (Å²) in [5, 5.41) is 3.47. The molecule has 1 saturated heterocycles. The average molecular weight is 199 g/mol. The van der Waals surface area contributed by atoms with E-state index < -0.39 is 0 Å². The Bertz CT molecular complexity index is 488. The molecule has 1 atom stereocenters. The van der Waals surface area contributed by atoms with Gasteiger partial charge in [-0.1, -0.05) is 24.3 Å². The molecule has 2 heteroatoms. The van der Waals surface area contributed by atoms with Gasteiger partial charge in [-0.2, -0.15) is 0 Å². The first-order chi connectivity index (χ1) is 7.36. The van der Waals surface area contributed by atoms with Crippen molar-refractivity contribution in [2.24, 2.45) is 0 Å². The molecule has 0 amide bonds. The van der Waals surface area contributed by atoms with Crippen molar-refractivity contribution in [3.8, 4) is 11.1 Å². The molecular weight excluding hydrogens is 186 g/mol. The molecule has 2 aromatic carbocycles. The number of rotatable bonds is 2. The Morgan fingerprint density at radius 1 is 1.20 bits per heavy atom. The predicted molar refractivity (Wildman–Crippen MR) is 60.5 cm³/mol. The van der Waals surface area contributed by atoms with E-state index >= 15 is 0 Å². The van der Waals surface area contributed by atoms with E-state index in [2.05, 4.69) is 11.4 Å². The third-order valence-electron chi connectivity index (χ3n) is 3.14. The van der Waals surface area contributed by atoms with Crippen LogP contribution in [0.5, 0.6) is 0 Å². The maximum absolute atomic E-state index is 11.1. The van der Waals surface area contributed by atoms with Gasteiger partial charge in [-0.15, -0.1) is 0 Å². The number of benzene rings is 1. The Balaban J connectivity index is 2.03. The van der Waals surface area contributed by atoms with Crippen molar-refractivity contribution in [3.63, 3.8) is 0 Å². The Labute approximate surface area is 88.6 Å². The zero-order chi connectivity index (χ0) is 10.3. The van der Waals surface area contributed by atoms with Gasteiger partial charge in [0.1, 0.15) is 0 Å².